The van der Waals surface area contributed by atoms with Crippen LogP contribution in [0.15, 0.2) is 54.7 Å². The molecule has 2 amide bonds. The fourth-order valence-corrected chi connectivity index (χ4v) is 2.60. The number of amides is 2. The van der Waals surface area contributed by atoms with Gasteiger partial charge in [-0.3, -0.25) is 5.43 Å². The van der Waals surface area contributed by atoms with Crippen LogP contribution >= 0.6 is 11.6 Å². The second-order valence-electron chi connectivity index (χ2n) is 5.71. The largest absolute Gasteiger partial charge is 0.473 e. The fourth-order valence-electron chi connectivity index (χ4n) is 2.48. The molecule has 1 aromatic heterocycles. The van der Waals surface area contributed by atoms with Gasteiger partial charge >= 0.3 is 6.03 Å². The summed E-state index contributed by atoms with van der Waals surface area (Å²) >= 11 is 5.92. The number of anilines is 1. The molecule has 0 saturated carbocycles. The van der Waals surface area contributed by atoms with E-state index in [0.29, 0.717) is 22.4 Å². The molecule has 138 valence electrons. The van der Waals surface area contributed by atoms with Gasteiger partial charge in [0.05, 0.1) is 0 Å². The molecule has 3 rings (SSSR count). The second-order valence-corrected chi connectivity index (χ2v) is 6.15. The Morgan fingerprint density at radius 2 is 1.96 bits per heavy atom. The van der Waals surface area contributed by atoms with E-state index in [4.69, 9.17) is 22.2 Å². The molecule has 0 saturated heterocycles. The number of aromatic nitrogens is 2. The fraction of sp³-hybridized carbons (Fsp3) is 0.105. The number of benzene rings is 2. The van der Waals surface area contributed by atoms with Gasteiger partial charge in [-0.1, -0.05) is 23.7 Å². The van der Waals surface area contributed by atoms with Gasteiger partial charge in [0.15, 0.2) is 5.82 Å². The summed E-state index contributed by atoms with van der Waals surface area (Å²) in [5.74, 6) is 6.10. The molecular formula is C19H18ClN5O2. The minimum Gasteiger partial charge on any atom is -0.473 e. The Bertz CT molecular complexity index is 947. The maximum absolute atomic E-state index is 11.5. The van der Waals surface area contributed by atoms with Gasteiger partial charge in [0.2, 0.25) is 5.88 Å². The third-order valence-corrected chi connectivity index (χ3v) is 4.14. The number of hydrogen-bond donors (Lipinski definition) is 3. The summed E-state index contributed by atoms with van der Waals surface area (Å²) in [5, 5.41) is 3.33. The molecule has 0 unspecified atom stereocenters. The Hall–Kier alpha value is -3.16. The first kappa shape index (κ1) is 18.6. The highest BCUT2D eigenvalue weighted by molar-refractivity contribution is 6.30. The number of ether oxygens (including phenoxy) is 1. The molecule has 0 fully saturated rings. The van der Waals surface area contributed by atoms with E-state index in [9.17, 15) is 4.79 Å². The van der Waals surface area contributed by atoms with Crippen LogP contribution in [0.4, 0.5) is 10.5 Å². The highest BCUT2D eigenvalue weighted by Crippen LogP contribution is 2.23. The molecule has 0 atom stereocenters. The van der Waals surface area contributed by atoms with Crippen molar-refractivity contribution in [1.82, 2.24) is 15.4 Å². The third-order valence-electron chi connectivity index (χ3n) is 3.89. The van der Waals surface area contributed by atoms with E-state index in [0.717, 1.165) is 16.7 Å². The zero-order valence-electron chi connectivity index (χ0n) is 14.6. The lowest BCUT2D eigenvalue weighted by molar-refractivity contribution is 0.252. The number of hydrogen-bond acceptors (Lipinski definition) is 5. The van der Waals surface area contributed by atoms with Crippen LogP contribution in [0.5, 0.6) is 5.88 Å². The Morgan fingerprint density at radius 3 is 2.70 bits per heavy atom. The van der Waals surface area contributed by atoms with Gasteiger partial charge in [-0.05, 0) is 42.8 Å². The number of carbonyl (C=O) groups is 1. The first-order valence-corrected chi connectivity index (χ1v) is 8.52. The number of aryl methyl sites for hydroxylation is 1. The SMILES string of the molecule is Cc1cccc(NC(=O)NN)c1COc1ccnc(-c2ccc(Cl)cc2)n1. The summed E-state index contributed by atoms with van der Waals surface area (Å²) in [6, 6.07) is 14.0. The summed E-state index contributed by atoms with van der Waals surface area (Å²) in [6.07, 6.45) is 1.63. The van der Waals surface area contributed by atoms with Gasteiger partial charge in [-0.2, -0.15) is 4.98 Å². The van der Waals surface area contributed by atoms with Gasteiger partial charge < -0.3 is 10.1 Å². The molecule has 0 spiro atoms. The molecule has 8 heteroatoms. The van der Waals surface area contributed by atoms with Crippen LogP contribution in [0.2, 0.25) is 5.02 Å². The van der Waals surface area contributed by atoms with Crippen molar-refractivity contribution in [2.75, 3.05) is 5.32 Å². The van der Waals surface area contributed by atoms with Crippen LogP contribution in [0.1, 0.15) is 11.1 Å². The van der Waals surface area contributed by atoms with E-state index < -0.39 is 6.03 Å². The number of halogens is 1. The molecule has 27 heavy (non-hydrogen) atoms. The van der Waals surface area contributed by atoms with Crippen LogP contribution in [0.3, 0.4) is 0 Å². The molecule has 3 aromatic rings. The maximum Gasteiger partial charge on any atom is 0.333 e. The van der Waals surface area contributed by atoms with E-state index in [-0.39, 0.29) is 6.61 Å². The first-order valence-electron chi connectivity index (χ1n) is 8.14. The highest BCUT2D eigenvalue weighted by Gasteiger charge is 2.10. The average Bonchev–Trinajstić information content (AvgIpc) is 2.68. The molecule has 4 N–H and O–H groups in total. The van der Waals surface area contributed by atoms with Crippen molar-refractivity contribution >= 4 is 23.3 Å². The normalized spacial score (nSPS) is 10.3. The minimum atomic E-state index is -0.506. The number of nitrogens with zero attached hydrogens (tertiary/aromatic N) is 2. The quantitative estimate of drug-likeness (QED) is 0.354. The van der Waals surface area contributed by atoms with Crippen molar-refractivity contribution in [2.45, 2.75) is 13.5 Å². The van der Waals surface area contributed by atoms with Crippen molar-refractivity contribution in [3.05, 3.63) is 70.9 Å². The Balaban J connectivity index is 1.78. The monoisotopic (exact) mass is 383 g/mol. The predicted molar refractivity (Wildman–Crippen MR) is 104 cm³/mol. The molecule has 0 aliphatic carbocycles. The van der Waals surface area contributed by atoms with Crippen LogP contribution in [-0.4, -0.2) is 16.0 Å². The minimum absolute atomic E-state index is 0.226. The van der Waals surface area contributed by atoms with Crippen LogP contribution in [0, 0.1) is 6.92 Å². The second kappa shape index (κ2) is 8.48. The summed E-state index contributed by atoms with van der Waals surface area (Å²) < 4.78 is 5.83. The summed E-state index contributed by atoms with van der Waals surface area (Å²) in [7, 11) is 0. The van der Waals surface area contributed by atoms with Gasteiger partial charge in [0, 0.05) is 34.1 Å². The average molecular weight is 384 g/mol. The van der Waals surface area contributed by atoms with E-state index in [1.807, 2.05) is 36.6 Å². The summed E-state index contributed by atoms with van der Waals surface area (Å²) in [4.78, 5) is 20.2. The van der Waals surface area contributed by atoms with Crippen molar-refractivity contribution in [2.24, 2.45) is 5.84 Å². The van der Waals surface area contributed by atoms with Crippen molar-refractivity contribution in [1.29, 1.82) is 0 Å². The van der Waals surface area contributed by atoms with E-state index in [1.54, 1.807) is 30.5 Å². The van der Waals surface area contributed by atoms with E-state index in [2.05, 4.69) is 15.3 Å². The van der Waals surface area contributed by atoms with Gasteiger partial charge in [-0.25, -0.2) is 15.6 Å². The van der Waals surface area contributed by atoms with Crippen LogP contribution < -0.4 is 21.3 Å². The first-order chi connectivity index (χ1) is 13.1. The number of hydrazine groups is 1. The molecule has 0 aliphatic rings. The lowest BCUT2D eigenvalue weighted by Crippen LogP contribution is -2.34. The van der Waals surface area contributed by atoms with E-state index in [1.165, 1.54) is 0 Å². The topological polar surface area (TPSA) is 102 Å². The predicted octanol–water partition coefficient (Wildman–Crippen LogP) is 3.68. The Labute approximate surface area is 161 Å². The number of rotatable bonds is 5. The highest BCUT2D eigenvalue weighted by atomic mass is 35.5. The Kier molecular flexibility index (Phi) is 5.85. The molecule has 0 aliphatic heterocycles. The number of urea groups is 1. The van der Waals surface area contributed by atoms with Crippen LogP contribution in [0.25, 0.3) is 11.4 Å². The standard InChI is InChI=1S/C19H18ClN5O2/c1-12-3-2-4-16(23-19(26)25-21)15(12)11-27-17-9-10-22-18(24-17)13-5-7-14(20)8-6-13/h2-10H,11,21H2,1H3,(H2,23,25,26). The van der Waals surface area contributed by atoms with Gasteiger partial charge in [0.25, 0.3) is 0 Å². The van der Waals surface area contributed by atoms with E-state index >= 15 is 0 Å². The summed E-state index contributed by atoms with van der Waals surface area (Å²) in [6.45, 7) is 2.16. The smallest absolute Gasteiger partial charge is 0.333 e. The summed E-state index contributed by atoms with van der Waals surface area (Å²) in [5.41, 5.74) is 5.29. The molecule has 2 aromatic carbocycles. The lowest BCUT2D eigenvalue weighted by Gasteiger charge is -2.14. The Morgan fingerprint density at radius 1 is 1.19 bits per heavy atom. The number of carbonyl (C=O) groups excluding carboxylic acids is 1. The van der Waals surface area contributed by atoms with Gasteiger partial charge in [0.1, 0.15) is 6.61 Å². The van der Waals surface area contributed by atoms with Crippen molar-refractivity contribution in [3.8, 4) is 17.3 Å². The number of nitrogens with two attached hydrogens (primary N) is 1. The van der Waals surface area contributed by atoms with Crippen molar-refractivity contribution in [3.63, 3.8) is 0 Å². The van der Waals surface area contributed by atoms with Gasteiger partial charge in [-0.15, -0.1) is 0 Å². The lowest BCUT2D eigenvalue weighted by atomic mass is 10.1. The molecule has 0 bridgehead atoms. The van der Waals surface area contributed by atoms with Crippen molar-refractivity contribution < 1.29 is 9.53 Å². The molecule has 1 heterocycles. The maximum atomic E-state index is 11.5. The number of nitrogens with one attached hydrogen (secondary N) is 2. The van der Waals surface area contributed by atoms with Crippen LogP contribution in [-0.2, 0) is 6.61 Å². The molecular weight excluding hydrogens is 366 g/mol. The molecule has 7 nitrogen and oxygen atoms in total. The third kappa shape index (κ3) is 4.72. The molecule has 0 radical (unpaired) electrons. The zero-order chi connectivity index (χ0) is 19.2. The zero-order valence-corrected chi connectivity index (χ0v) is 15.3.